The van der Waals surface area contributed by atoms with E-state index in [0.717, 1.165) is 10.9 Å². The monoisotopic (exact) mass is 278 g/mol. The van der Waals surface area contributed by atoms with E-state index in [1.807, 2.05) is 30.3 Å². The quantitative estimate of drug-likeness (QED) is 0.755. The van der Waals surface area contributed by atoms with Crippen molar-refractivity contribution in [3.8, 4) is 0 Å². The second-order valence-corrected chi connectivity index (χ2v) is 4.74. The van der Waals surface area contributed by atoms with E-state index in [0.29, 0.717) is 22.6 Å². The summed E-state index contributed by atoms with van der Waals surface area (Å²) in [6.45, 7) is 1.77. The van der Waals surface area contributed by atoms with Crippen molar-refractivity contribution in [2.45, 2.75) is 6.92 Å². The Balaban J connectivity index is 1.99. The van der Waals surface area contributed by atoms with Crippen LogP contribution in [0.5, 0.6) is 0 Å². The summed E-state index contributed by atoms with van der Waals surface area (Å²) in [5, 5.41) is 3.84. The summed E-state index contributed by atoms with van der Waals surface area (Å²) >= 11 is 0. The fourth-order valence-electron chi connectivity index (χ4n) is 2.17. The first-order chi connectivity index (χ1) is 10.1. The molecule has 0 saturated heterocycles. The summed E-state index contributed by atoms with van der Waals surface area (Å²) in [4.78, 5) is 20.8. The lowest BCUT2D eigenvalue weighted by atomic mass is 10.1. The Bertz CT molecular complexity index is 824. The highest BCUT2D eigenvalue weighted by Crippen LogP contribution is 2.21. The molecular weight excluding hydrogens is 264 g/mol. The molecule has 0 saturated carbocycles. The van der Waals surface area contributed by atoms with Crippen LogP contribution in [0, 0.1) is 6.92 Å². The van der Waals surface area contributed by atoms with Crippen LogP contribution in [-0.2, 0) is 0 Å². The lowest BCUT2D eigenvalue weighted by molar-refractivity contribution is 0.102. The lowest BCUT2D eigenvalue weighted by Crippen LogP contribution is -2.15. The summed E-state index contributed by atoms with van der Waals surface area (Å²) in [5.41, 5.74) is 8.67. The average molecular weight is 278 g/mol. The van der Waals surface area contributed by atoms with Crippen LogP contribution in [0.25, 0.3) is 10.9 Å². The van der Waals surface area contributed by atoms with Gasteiger partial charge < -0.3 is 11.1 Å². The van der Waals surface area contributed by atoms with Crippen molar-refractivity contribution in [2.75, 3.05) is 11.1 Å². The molecule has 5 nitrogen and oxygen atoms in total. The van der Waals surface area contributed by atoms with Crippen LogP contribution >= 0.6 is 0 Å². The van der Waals surface area contributed by atoms with E-state index < -0.39 is 0 Å². The second kappa shape index (κ2) is 5.20. The molecule has 2 aromatic heterocycles. The van der Waals surface area contributed by atoms with E-state index in [9.17, 15) is 4.79 Å². The molecule has 2 heterocycles. The molecule has 0 radical (unpaired) electrons. The third kappa shape index (κ3) is 2.53. The van der Waals surface area contributed by atoms with E-state index >= 15 is 0 Å². The number of amides is 1. The highest BCUT2D eigenvalue weighted by atomic mass is 16.1. The van der Waals surface area contributed by atoms with Gasteiger partial charge in [-0.1, -0.05) is 18.2 Å². The third-order valence-corrected chi connectivity index (χ3v) is 3.23. The zero-order valence-corrected chi connectivity index (χ0v) is 11.5. The van der Waals surface area contributed by atoms with Crippen molar-refractivity contribution >= 4 is 28.2 Å². The number of carbonyl (C=O) groups excluding carboxylic acids is 1. The zero-order valence-electron chi connectivity index (χ0n) is 11.5. The van der Waals surface area contributed by atoms with Crippen LogP contribution in [0.4, 0.5) is 11.4 Å². The number of hydrogen-bond donors (Lipinski definition) is 2. The number of nitrogens with zero attached hydrogens (tertiary/aromatic N) is 2. The number of anilines is 2. The fourth-order valence-corrected chi connectivity index (χ4v) is 2.17. The molecule has 0 unspecified atom stereocenters. The summed E-state index contributed by atoms with van der Waals surface area (Å²) in [6.07, 6.45) is 3.23. The van der Waals surface area contributed by atoms with E-state index in [4.69, 9.17) is 5.73 Å². The van der Waals surface area contributed by atoms with Gasteiger partial charge in [0, 0.05) is 11.6 Å². The first kappa shape index (κ1) is 13.1. The number of aromatic nitrogens is 2. The van der Waals surface area contributed by atoms with Crippen LogP contribution in [0.1, 0.15) is 16.1 Å². The van der Waals surface area contributed by atoms with Crippen molar-refractivity contribution in [3.63, 3.8) is 0 Å². The number of benzene rings is 1. The molecule has 3 aromatic rings. The Morgan fingerprint density at radius 3 is 2.86 bits per heavy atom. The maximum atomic E-state index is 12.4. The predicted octanol–water partition coefficient (Wildman–Crippen LogP) is 2.77. The van der Waals surface area contributed by atoms with E-state index in [-0.39, 0.29) is 5.91 Å². The molecule has 3 rings (SSSR count). The molecule has 0 aliphatic carbocycles. The van der Waals surface area contributed by atoms with Gasteiger partial charge in [0.2, 0.25) is 0 Å². The molecule has 1 aromatic carbocycles. The lowest BCUT2D eigenvalue weighted by Gasteiger charge is -2.09. The molecule has 0 aliphatic rings. The van der Waals surface area contributed by atoms with Gasteiger partial charge in [0.15, 0.2) is 0 Å². The first-order valence-corrected chi connectivity index (χ1v) is 6.52. The highest BCUT2D eigenvalue weighted by molar-refractivity contribution is 6.09. The molecular formula is C16H14N4O. The molecule has 0 aliphatic heterocycles. The van der Waals surface area contributed by atoms with Gasteiger partial charge in [0.05, 0.1) is 34.3 Å². The minimum Gasteiger partial charge on any atom is -0.397 e. The number of carbonyl (C=O) groups is 1. The molecule has 0 spiro atoms. The van der Waals surface area contributed by atoms with Gasteiger partial charge in [-0.05, 0) is 25.1 Å². The van der Waals surface area contributed by atoms with Crippen molar-refractivity contribution in [3.05, 3.63) is 60.0 Å². The SMILES string of the molecule is Cc1ncc(N)cc1C(=O)Nc1cccc2cccnc12. The number of aryl methyl sites for hydroxylation is 1. The predicted molar refractivity (Wildman–Crippen MR) is 83.1 cm³/mol. The number of fused-ring (bicyclic) bond motifs is 1. The van der Waals surface area contributed by atoms with Crippen molar-refractivity contribution in [2.24, 2.45) is 0 Å². The van der Waals surface area contributed by atoms with Crippen LogP contribution < -0.4 is 11.1 Å². The van der Waals surface area contributed by atoms with Crippen LogP contribution in [0.15, 0.2) is 48.8 Å². The number of nitrogen functional groups attached to an aromatic ring is 1. The molecule has 3 N–H and O–H groups in total. The largest absolute Gasteiger partial charge is 0.397 e. The molecule has 5 heteroatoms. The molecule has 1 amide bonds. The standard InChI is InChI=1S/C16H14N4O/c1-10-13(8-12(17)9-19-10)16(21)20-14-6-2-4-11-5-3-7-18-15(11)14/h2-9H,17H2,1H3,(H,20,21). The Kier molecular flexibility index (Phi) is 3.23. The summed E-state index contributed by atoms with van der Waals surface area (Å²) in [5.74, 6) is -0.245. The van der Waals surface area contributed by atoms with Gasteiger partial charge in [-0.25, -0.2) is 0 Å². The molecule has 21 heavy (non-hydrogen) atoms. The number of para-hydroxylation sites is 1. The Morgan fingerprint density at radius 1 is 1.19 bits per heavy atom. The normalized spacial score (nSPS) is 10.5. The average Bonchev–Trinajstić information content (AvgIpc) is 2.50. The van der Waals surface area contributed by atoms with E-state index in [1.165, 1.54) is 6.20 Å². The van der Waals surface area contributed by atoms with E-state index in [2.05, 4.69) is 15.3 Å². The number of nitrogens with two attached hydrogens (primary N) is 1. The third-order valence-electron chi connectivity index (χ3n) is 3.23. The smallest absolute Gasteiger partial charge is 0.257 e. The number of hydrogen-bond acceptors (Lipinski definition) is 4. The first-order valence-electron chi connectivity index (χ1n) is 6.52. The highest BCUT2D eigenvalue weighted by Gasteiger charge is 2.12. The zero-order chi connectivity index (χ0) is 14.8. The molecule has 0 fully saturated rings. The summed E-state index contributed by atoms with van der Waals surface area (Å²) in [6, 6.07) is 11.1. The second-order valence-electron chi connectivity index (χ2n) is 4.74. The summed E-state index contributed by atoms with van der Waals surface area (Å²) < 4.78 is 0. The van der Waals surface area contributed by atoms with Crippen LogP contribution in [-0.4, -0.2) is 15.9 Å². The van der Waals surface area contributed by atoms with Gasteiger partial charge in [-0.2, -0.15) is 0 Å². The number of pyridine rings is 2. The van der Waals surface area contributed by atoms with Gasteiger partial charge in [-0.15, -0.1) is 0 Å². The van der Waals surface area contributed by atoms with Gasteiger partial charge in [-0.3, -0.25) is 14.8 Å². The summed E-state index contributed by atoms with van der Waals surface area (Å²) in [7, 11) is 0. The topological polar surface area (TPSA) is 80.9 Å². The maximum absolute atomic E-state index is 12.4. The van der Waals surface area contributed by atoms with Crippen LogP contribution in [0.3, 0.4) is 0 Å². The molecule has 0 atom stereocenters. The number of rotatable bonds is 2. The minimum atomic E-state index is -0.245. The Morgan fingerprint density at radius 2 is 2.00 bits per heavy atom. The maximum Gasteiger partial charge on any atom is 0.257 e. The van der Waals surface area contributed by atoms with Gasteiger partial charge in [0.1, 0.15) is 0 Å². The van der Waals surface area contributed by atoms with E-state index in [1.54, 1.807) is 19.2 Å². The molecule has 104 valence electrons. The Labute approximate surface area is 121 Å². The Hall–Kier alpha value is -2.95. The van der Waals surface area contributed by atoms with Crippen LogP contribution in [0.2, 0.25) is 0 Å². The van der Waals surface area contributed by atoms with Gasteiger partial charge >= 0.3 is 0 Å². The minimum absolute atomic E-state index is 0.245. The fraction of sp³-hybridized carbons (Fsp3) is 0.0625. The van der Waals surface area contributed by atoms with Crippen molar-refractivity contribution in [1.82, 2.24) is 9.97 Å². The number of nitrogens with one attached hydrogen (secondary N) is 1. The van der Waals surface area contributed by atoms with Crippen molar-refractivity contribution in [1.29, 1.82) is 0 Å². The molecule has 0 bridgehead atoms. The van der Waals surface area contributed by atoms with Gasteiger partial charge in [0.25, 0.3) is 5.91 Å². The van der Waals surface area contributed by atoms with Crippen molar-refractivity contribution < 1.29 is 4.79 Å².